The van der Waals surface area contributed by atoms with Crippen molar-refractivity contribution in [3.05, 3.63) is 56.5 Å². The van der Waals surface area contributed by atoms with Gasteiger partial charge in [0.2, 0.25) is 0 Å². The standard InChI is InChI=1S/C21H25BrF6N2O2.C21H32BrN3O2.C4HClF6O2/c22-16-5-4-15(17(12-16)30-8-2-1-3-9-30)13-29-10-6-14(7-11-29)18(31)32-19(20(23,24)25)21(26,27)28;1-21(2,3)27-20(26)25-13-11-23(12-14-25)16-17-7-8-18(22)15-19(17)24-9-5-4-6-10-24;5-2(12)13-1(3(6,7)8)4(9,10)11/h4-5,12,14,19H,1-3,6-11,13H2;7-8,15H,4-6,9-14,16H2,1-3H3;1H. The van der Waals surface area contributed by atoms with Crippen LogP contribution in [0.2, 0.25) is 0 Å². The molecule has 0 atom stereocenters. The predicted octanol–water partition coefficient (Wildman–Crippen LogP) is 13.0. The number of piperidine rings is 3. The van der Waals surface area contributed by atoms with E-state index in [2.05, 4.69) is 96.8 Å². The quantitative estimate of drug-likeness (QED) is 0.105. The van der Waals surface area contributed by atoms with Gasteiger partial charge in [-0.15, -0.1) is 0 Å². The van der Waals surface area contributed by atoms with Gasteiger partial charge in [-0.05, 0) is 121 Å². The molecule has 4 heterocycles. The molecule has 0 bridgehead atoms. The van der Waals surface area contributed by atoms with Crippen LogP contribution in [0.25, 0.3) is 0 Å². The van der Waals surface area contributed by atoms with Crippen LogP contribution in [0, 0.1) is 5.92 Å². The molecule has 0 spiro atoms. The molecule has 0 aliphatic carbocycles. The van der Waals surface area contributed by atoms with Gasteiger partial charge in [0.05, 0.1) is 5.92 Å². The predicted molar refractivity (Wildman–Crippen MR) is 252 cm³/mol. The summed E-state index contributed by atoms with van der Waals surface area (Å²) in [5.74, 6) is -2.42. The van der Waals surface area contributed by atoms with Gasteiger partial charge >= 0.3 is 42.2 Å². The van der Waals surface area contributed by atoms with Crippen molar-refractivity contribution >= 4 is 72.3 Å². The van der Waals surface area contributed by atoms with Crippen LogP contribution in [0.3, 0.4) is 0 Å². The van der Waals surface area contributed by atoms with Gasteiger partial charge in [0, 0.05) is 97.4 Å². The smallest absolute Gasteiger partial charge is 0.434 e. The summed E-state index contributed by atoms with van der Waals surface area (Å²) in [6.07, 6.45) is -23.6. The van der Waals surface area contributed by atoms with Crippen LogP contribution in [-0.4, -0.2) is 140 Å². The third-order valence-electron chi connectivity index (χ3n) is 11.9. The SMILES string of the molecule is CC(C)(C)OC(=O)N1CCN(Cc2ccc(Br)cc2N2CCCCC2)CC1.O=C(Cl)OC(C(F)(F)F)C(F)(F)F.O=C(OC(C(F)(F)F)C(F)(F)F)C1CCN(Cc2ccc(Br)cc2N2CCCCC2)CC1. The highest BCUT2D eigenvalue weighted by Crippen LogP contribution is 2.38. The van der Waals surface area contributed by atoms with Crippen molar-refractivity contribution in [1.82, 2.24) is 14.7 Å². The Hall–Kier alpha value is -3.42. The van der Waals surface area contributed by atoms with Gasteiger partial charge in [0.15, 0.2) is 0 Å². The van der Waals surface area contributed by atoms with Gasteiger partial charge in [-0.3, -0.25) is 14.6 Å². The van der Waals surface area contributed by atoms with Crippen molar-refractivity contribution in [3.8, 4) is 0 Å². The number of halogens is 15. The van der Waals surface area contributed by atoms with Crippen LogP contribution in [0.4, 0.5) is 73.6 Å². The van der Waals surface area contributed by atoms with Gasteiger partial charge in [0.25, 0.3) is 12.2 Å². The van der Waals surface area contributed by atoms with E-state index in [-0.39, 0.29) is 18.9 Å². The Kier molecular flexibility index (Phi) is 22.4. The highest BCUT2D eigenvalue weighted by atomic mass is 79.9. The Labute approximate surface area is 432 Å². The van der Waals surface area contributed by atoms with Gasteiger partial charge in [-0.1, -0.05) is 44.0 Å². The Bertz CT molecular complexity index is 2040. The van der Waals surface area contributed by atoms with Gasteiger partial charge in [-0.2, -0.15) is 52.7 Å². The number of carbonyl (C=O) groups excluding carboxylic acids is 3. The molecular formula is C46H58Br2ClF12N5O6. The largest absolute Gasteiger partial charge is 0.444 e. The molecule has 4 fully saturated rings. The second-order valence-electron chi connectivity index (χ2n) is 18.7. The summed E-state index contributed by atoms with van der Waals surface area (Å²) in [6, 6.07) is 12.7. The lowest BCUT2D eigenvalue weighted by Gasteiger charge is -2.37. The number of anilines is 2. The summed E-state index contributed by atoms with van der Waals surface area (Å²) in [7, 11) is 0. The van der Waals surface area contributed by atoms with E-state index in [0.717, 1.165) is 91.9 Å². The first kappa shape index (κ1) is 61.1. The fourth-order valence-electron chi connectivity index (χ4n) is 8.37. The molecule has 2 aromatic carbocycles. The zero-order valence-electron chi connectivity index (χ0n) is 39.7. The van der Waals surface area contributed by atoms with Gasteiger partial charge < -0.3 is 28.9 Å². The molecule has 4 aliphatic heterocycles. The highest BCUT2D eigenvalue weighted by molar-refractivity contribution is 9.10. The number of hydrogen-bond acceptors (Lipinski definition) is 10. The lowest BCUT2D eigenvalue weighted by molar-refractivity contribution is -0.314. The molecule has 0 saturated carbocycles. The number of nitrogens with zero attached hydrogens (tertiary/aromatic N) is 5. The Morgan fingerprint density at radius 3 is 1.29 bits per heavy atom. The zero-order chi connectivity index (χ0) is 53.8. The minimum atomic E-state index is -5.72. The van der Waals surface area contributed by atoms with E-state index >= 15 is 0 Å². The maximum Gasteiger partial charge on any atom is 0.434 e. The van der Waals surface area contributed by atoms with Crippen LogP contribution in [0.5, 0.6) is 0 Å². The van der Waals surface area contributed by atoms with Crippen molar-refractivity contribution in [2.75, 3.05) is 75.2 Å². The van der Waals surface area contributed by atoms with Crippen molar-refractivity contribution < 1.29 is 81.3 Å². The Morgan fingerprint density at radius 1 is 0.569 bits per heavy atom. The molecule has 0 radical (unpaired) electrons. The Balaban J connectivity index is 0.000000255. The first-order valence-electron chi connectivity index (χ1n) is 23.1. The van der Waals surface area contributed by atoms with Crippen LogP contribution >= 0.6 is 43.5 Å². The molecule has 72 heavy (non-hydrogen) atoms. The van der Waals surface area contributed by atoms with Crippen molar-refractivity contribution in [1.29, 1.82) is 0 Å². The molecule has 11 nitrogen and oxygen atoms in total. The molecular weight excluding hydrogens is 1140 g/mol. The average molecular weight is 1200 g/mol. The number of hydrogen-bond donors (Lipinski definition) is 0. The minimum Gasteiger partial charge on any atom is -0.444 e. The molecule has 26 heteroatoms. The fraction of sp³-hybridized carbons (Fsp3) is 0.674. The first-order chi connectivity index (χ1) is 33.3. The number of ether oxygens (including phenoxy) is 3. The lowest BCUT2D eigenvalue weighted by Crippen LogP contribution is -2.49. The fourth-order valence-corrected chi connectivity index (χ4v) is 9.15. The second kappa shape index (κ2) is 26.4. The number of carbonyl (C=O) groups is 3. The summed E-state index contributed by atoms with van der Waals surface area (Å²) < 4.78 is 159. The number of piperazine rings is 1. The summed E-state index contributed by atoms with van der Waals surface area (Å²) in [6.45, 7) is 15.5. The number of benzene rings is 2. The highest BCUT2D eigenvalue weighted by Gasteiger charge is 2.61. The Morgan fingerprint density at radius 2 is 0.944 bits per heavy atom. The number of likely N-dealkylation sites (tertiary alicyclic amines) is 1. The molecule has 0 aromatic heterocycles. The van der Waals surface area contributed by atoms with Crippen molar-refractivity contribution in [2.24, 2.45) is 5.92 Å². The summed E-state index contributed by atoms with van der Waals surface area (Å²) in [5, 5.41) is 0. The number of alkyl halides is 12. The van der Waals surface area contributed by atoms with Crippen molar-refractivity contribution in [2.45, 2.75) is 128 Å². The normalized spacial score (nSPS) is 18.2. The number of esters is 1. The zero-order valence-corrected chi connectivity index (χ0v) is 43.6. The minimum absolute atomic E-state index is 0.150. The molecule has 4 saturated heterocycles. The lowest BCUT2D eigenvalue weighted by atomic mass is 9.96. The second-order valence-corrected chi connectivity index (χ2v) is 20.8. The van der Waals surface area contributed by atoms with E-state index in [1.54, 1.807) is 0 Å². The topological polar surface area (TPSA) is 95.1 Å². The van der Waals surface area contributed by atoms with Crippen molar-refractivity contribution in [3.63, 3.8) is 0 Å². The third-order valence-corrected chi connectivity index (χ3v) is 12.9. The van der Waals surface area contributed by atoms with E-state index in [1.165, 1.54) is 36.9 Å². The number of amides is 1. The maximum atomic E-state index is 12.7. The summed E-state index contributed by atoms with van der Waals surface area (Å²) in [5.41, 5.74) is 2.36. The molecule has 408 valence electrons. The number of rotatable bonds is 9. The first-order valence-corrected chi connectivity index (χ1v) is 25.1. The molecule has 0 unspecified atom stereocenters. The van der Waals surface area contributed by atoms with Crippen LogP contribution in [0.15, 0.2) is 45.3 Å². The molecule has 1 amide bonds. The van der Waals surface area contributed by atoms with Gasteiger partial charge in [0.1, 0.15) is 5.60 Å². The molecule has 0 N–H and O–H groups in total. The molecule has 4 aliphatic rings. The van der Waals surface area contributed by atoms with E-state index in [0.29, 0.717) is 19.6 Å². The van der Waals surface area contributed by atoms with Crippen LogP contribution < -0.4 is 9.80 Å². The maximum absolute atomic E-state index is 12.7. The monoisotopic (exact) mass is 1200 g/mol. The summed E-state index contributed by atoms with van der Waals surface area (Å²) >= 11 is 11.4. The molecule has 2 aromatic rings. The van der Waals surface area contributed by atoms with Crippen LogP contribution in [-0.2, 0) is 32.1 Å². The van der Waals surface area contributed by atoms with E-state index in [4.69, 9.17) is 4.74 Å². The average Bonchev–Trinajstić information content (AvgIpc) is 3.28. The third kappa shape index (κ3) is 20.0. The van der Waals surface area contributed by atoms with Gasteiger partial charge in [-0.25, -0.2) is 9.59 Å². The molecule has 6 rings (SSSR count). The van der Waals surface area contributed by atoms with E-state index in [1.807, 2.05) is 37.8 Å². The van der Waals surface area contributed by atoms with E-state index in [9.17, 15) is 67.1 Å². The van der Waals surface area contributed by atoms with E-state index < -0.39 is 59.8 Å². The van der Waals surface area contributed by atoms with Crippen LogP contribution in [0.1, 0.15) is 83.3 Å². The summed E-state index contributed by atoms with van der Waals surface area (Å²) in [4.78, 5) is 45.1.